The van der Waals surface area contributed by atoms with Crippen molar-refractivity contribution >= 4 is 39.8 Å². The van der Waals surface area contributed by atoms with E-state index in [1.54, 1.807) is 43.9 Å². The maximum atomic E-state index is 13.9. The van der Waals surface area contributed by atoms with Crippen LogP contribution >= 0.6 is 0 Å². The molecule has 0 saturated carbocycles. The second-order valence-electron chi connectivity index (χ2n) is 9.20. The number of pyridine rings is 1. The van der Waals surface area contributed by atoms with Crippen LogP contribution in [0.3, 0.4) is 0 Å². The van der Waals surface area contributed by atoms with Crippen molar-refractivity contribution < 1.29 is 13.9 Å². The van der Waals surface area contributed by atoms with E-state index in [-0.39, 0.29) is 11.7 Å². The summed E-state index contributed by atoms with van der Waals surface area (Å²) in [5, 5.41) is 6.84. The molecule has 194 valence electrons. The monoisotopic (exact) mass is 513 g/mol. The molecule has 38 heavy (non-hydrogen) atoms. The van der Waals surface area contributed by atoms with E-state index in [0.717, 1.165) is 18.8 Å². The van der Waals surface area contributed by atoms with E-state index in [1.165, 1.54) is 18.2 Å². The summed E-state index contributed by atoms with van der Waals surface area (Å²) in [4.78, 5) is 30.0. The first kappa shape index (κ1) is 25.1. The molecule has 1 fully saturated rings. The van der Waals surface area contributed by atoms with Crippen molar-refractivity contribution in [1.29, 1.82) is 0 Å². The van der Waals surface area contributed by atoms with E-state index < -0.39 is 0 Å². The number of anilines is 4. The first-order chi connectivity index (χ1) is 18.4. The van der Waals surface area contributed by atoms with Crippen LogP contribution in [0, 0.1) is 5.82 Å². The summed E-state index contributed by atoms with van der Waals surface area (Å²) in [5.74, 6) is 0.197. The van der Waals surface area contributed by atoms with Crippen LogP contribution in [0.15, 0.2) is 67.6 Å². The number of likely N-dealkylation sites (tertiary alicyclic amines) is 1. The van der Waals surface area contributed by atoms with E-state index >= 15 is 0 Å². The van der Waals surface area contributed by atoms with Gasteiger partial charge in [-0.25, -0.2) is 14.4 Å². The van der Waals surface area contributed by atoms with Crippen LogP contribution in [0.2, 0.25) is 0 Å². The number of rotatable bonds is 8. The van der Waals surface area contributed by atoms with Crippen molar-refractivity contribution in [2.75, 3.05) is 49.8 Å². The highest BCUT2D eigenvalue weighted by molar-refractivity contribution is 6.02. The van der Waals surface area contributed by atoms with E-state index in [4.69, 9.17) is 9.72 Å². The van der Waals surface area contributed by atoms with Crippen LogP contribution in [0.1, 0.15) is 0 Å². The molecular weight excluding hydrogens is 485 g/mol. The van der Waals surface area contributed by atoms with Crippen molar-refractivity contribution in [2.24, 2.45) is 0 Å². The molecule has 0 spiro atoms. The minimum absolute atomic E-state index is 0.307. The van der Waals surface area contributed by atoms with Gasteiger partial charge >= 0.3 is 0 Å². The van der Waals surface area contributed by atoms with Crippen LogP contribution in [0.5, 0.6) is 5.75 Å². The van der Waals surface area contributed by atoms with Gasteiger partial charge < -0.3 is 25.2 Å². The van der Waals surface area contributed by atoms with Gasteiger partial charge in [0, 0.05) is 55.7 Å². The molecule has 1 aliphatic heterocycles. The lowest BCUT2D eigenvalue weighted by Crippen LogP contribution is -2.56. The van der Waals surface area contributed by atoms with Gasteiger partial charge in [-0.05, 0) is 36.9 Å². The number of nitrogens with zero attached hydrogens (tertiary/aromatic N) is 5. The Labute approximate surface area is 220 Å². The van der Waals surface area contributed by atoms with Gasteiger partial charge in [-0.1, -0.05) is 18.7 Å². The molecular formula is C28H28FN7O2. The van der Waals surface area contributed by atoms with Crippen LogP contribution in [-0.2, 0) is 4.79 Å². The molecule has 1 amide bonds. The molecule has 0 bridgehead atoms. The number of benzene rings is 2. The lowest BCUT2D eigenvalue weighted by molar-refractivity contribution is -0.111. The number of aromatic nitrogens is 3. The number of hydrogen-bond acceptors (Lipinski definition) is 8. The fourth-order valence-corrected chi connectivity index (χ4v) is 4.52. The lowest BCUT2D eigenvalue weighted by atomic mass is 10.1. The highest BCUT2D eigenvalue weighted by Crippen LogP contribution is 2.39. The van der Waals surface area contributed by atoms with Crippen LogP contribution in [0.4, 0.5) is 27.4 Å². The van der Waals surface area contributed by atoms with Crippen LogP contribution in [0.25, 0.3) is 22.0 Å². The SMILES string of the molecule is C=CC(=O)Nc1cc(Nc2ncc3cncc(-c4cccc(F)c4)c3n2)c(OC)cc1N(C)C1CN(C)C1. The van der Waals surface area contributed by atoms with E-state index in [9.17, 15) is 9.18 Å². The summed E-state index contributed by atoms with van der Waals surface area (Å²) in [6, 6.07) is 10.3. The molecule has 0 unspecified atom stereocenters. The second kappa shape index (κ2) is 10.4. The minimum atomic E-state index is -0.343. The Morgan fingerprint density at radius 3 is 2.74 bits per heavy atom. The molecule has 2 aromatic carbocycles. The zero-order valence-corrected chi connectivity index (χ0v) is 21.4. The number of methoxy groups -OCH3 is 1. The van der Waals surface area contributed by atoms with E-state index in [0.29, 0.717) is 51.1 Å². The molecule has 2 N–H and O–H groups in total. The lowest BCUT2D eigenvalue weighted by Gasteiger charge is -2.43. The number of carbonyl (C=O) groups excluding carboxylic acids is 1. The summed E-state index contributed by atoms with van der Waals surface area (Å²) in [7, 11) is 5.65. The molecule has 1 saturated heterocycles. The second-order valence-corrected chi connectivity index (χ2v) is 9.20. The molecule has 10 heteroatoms. The first-order valence-electron chi connectivity index (χ1n) is 12.1. The standard InChI is InChI=1S/C28H28FN7O2/c1-5-26(37)32-22-10-23(25(38-4)11-24(22)36(3)20-15-35(2)16-20)33-28-31-13-18-12-30-14-21(27(18)34-28)17-7-6-8-19(29)9-17/h5-14,20H,1,15-16H2,2-4H3,(H,32,37)(H,31,33,34). The number of likely N-dealkylation sites (N-methyl/N-ethyl adjacent to an activating group) is 2. The predicted molar refractivity (Wildman–Crippen MR) is 148 cm³/mol. The largest absolute Gasteiger partial charge is 0.494 e. The number of ether oxygens (including phenoxy) is 1. The Kier molecular flexibility index (Phi) is 6.89. The van der Waals surface area contributed by atoms with Crippen LogP contribution < -0.4 is 20.3 Å². The number of nitrogens with one attached hydrogen (secondary N) is 2. The number of amides is 1. The van der Waals surface area contributed by atoms with Crippen molar-refractivity contribution in [3.63, 3.8) is 0 Å². The van der Waals surface area contributed by atoms with Crippen molar-refractivity contribution in [2.45, 2.75) is 6.04 Å². The van der Waals surface area contributed by atoms with Gasteiger partial charge in [0.05, 0.1) is 35.7 Å². The minimum Gasteiger partial charge on any atom is -0.494 e. The number of carbonyl (C=O) groups is 1. The Bertz CT molecular complexity index is 1520. The molecule has 0 atom stereocenters. The highest BCUT2D eigenvalue weighted by Gasteiger charge is 2.29. The van der Waals surface area contributed by atoms with Crippen LogP contribution in [-0.4, -0.2) is 66.1 Å². The molecule has 2 aromatic heterocycles. The maximum Gasteiger partial charge on any atom is 0.247 e. The third kappa shape index (κ3) is 4.98. The topological polar surface area (TPSA) is 95.5 Å². The molecule has 0 aliphatic carbocycles. The average Bonchev–Trinajstić information content (AvgIpc) is 2.90. The Hall–Kier alpha value is -4.57. The molecule has 1 aliphatic rings. The summed E-state index contributed by atoms with van der Waals surface area (Å²) in [6.45, 7) is 5.41. The smallest absolute Gasteiger partial charge is 0.247 e. The number of fused-ring (bicyclic) bond motifs is 1. The highest BCUT2D eigenvalue weighted by atomic mass is 19.1. The predicted octanol–water partition coefficient (Wildman–Crippen LogP) is 4.46. The summed E-state index contributed by atoms with van der Waals surface area (Å²) < 4.78 is 19.6. The first-order valence-corrected chi connectivity index (χ1v) is 12.1. The van der Waals surface area contributed by atoms with E-state index in [1.807, 2.05) is 13.1 Å². The van der Waals surface area contributed by atoms with Gasteiger partial charge in [0.2, 0.25) is 11.9 Å². The zero-order chi connectivity index (χ0) is 26.8. The Balaban J connectivity index is 1.54. The van der Waals surface area contributed by atoms with Crippen molar-refractivity contribution in [3.05, 3.63) is 73.5 Å². The van der Waals surface area contributed by atoms with E-state index in [2.05, 4.69) is 44.0 Å². The maximum absolute atomic E-state index is 13.9. The van der Waals surface area contributed by atoms with Gasteiger partial charge in [0.15, 0.2) is 0 Å². The Morgan fingerprint density at radius 2 is 2.03 bits per heavy atom. The number of hydrogen-bond donors (Lipinski definition) is 2. The zero-order valence-electron chi connectivity index (χ0n) is 21.4. The van der Waals surface area contributed by atoms with Gasteiger partial charge in [-0.3, -0.25) is 9.78 Å². The normalized spacial score (nSPS) is 13.6. The average molecular weight is 514 g/mol. The van der Waals surface area contributed by atoms with Crippen molar-refractivity contribution in [1.82, 2.24) is 19.9 Å². The third-order valence-electron chi connectivity index (χ3n) is 6.61. The summed E-state index contributed by atoms with van der Waals surface area (Å²) in [6.07, 6.45) is 6.20. The molecule has 5 rings (SSSR count). The fraction of sp³-hybridized carbons (Fsp3) is 0.214. The Morgan fingerprint density at radius 1 is 1.21 bits per heavy atom. The van der Waals surface area contributed by atoms with Gasteiger partial charge in [0.25, 0.3) is 0 Å². The molecule has 4 aromatic rings. The quantitative estimate of drug-likeness (QED) is 0.334. The third-order valence-corrected chi connectivity index (χ3v) is 6.61. The summed E-state index contributed by atoms with van der Waals surface area (Å²) in [5.41, 5.74) is 3.94. The van der Waals surface area contributed by atoms with Gasteiger partial charge in [-0.2, -0.15) is 0 Å². The van der Waals surface area contributed by atoms with Crippen molar-refractivity contribution in [3.8, 4) is 16.9 Å². The fourth-order valence-electron chi connectivity index (χ4n) is 4.52. The molecule has 9 nitrogen and oxygen atoms in total. The van der Waals surface area contributed by atoms with Gasteiger partial charge in [-0.15, -0.1) is 0 Å². The molecule has 0 radical (unpaired) electrons. The summed E-state index contributed by atoms with van der Waals surface area (Å²) >= 11 is 0. The number of halogens is 1. The molecule has 3 heterocycles. The van der Waals surface area contributed by atoms with Gasteiger partial charge in [0.1, 0.15) is 11.6 Å².